The molecule has 4 rings (SSSR count). The molecule has 9 nitrogen and oxygen atoms in total. The summed E-state index contributed by atoms with van der Waals surface area (Å²) in [6, 6.07) is 7.77. The van der Waals surface area contributed by atoms with Crippen molar-refractivity contribution in [1.82, 2.24) is 4.90 Å². The van der Waals surface area contributed by atoms with Gasteiger partial charge in [0.15, 0.2) is 9.84 Å². The van der Waals surface area contributed by atoms with Crippen LogP contribution in [0.25, 0.3) is 0 Å². The standard InChI is InChI=1S/C23H25F2N3O6S/c1-13-3-2-4-14(7-13)35(33,34)15-8-16(18(29)28-6-5-22(24,25)12-28)23(9-15,20(31)32)17-10-21(17,11-26)19(27)30/h2-4,7,15-17H,5-6,8-10,12H2,1H3,(H2,27,30)(H,31,32)/t15-,16+,17?,21?,23+/m1/s1. The van der Waals surface area contributed by atoms with Crippen LogP contribution in [0.2, 0.25) is 0 Å². The summed E-state index contributed by atoms with van der Waals surface area (Å²) in [7, 11) is -4.13. The van der Waals surface area contributed by atoms with Gasteiger partial charge in [0.25, 0.3) is 5.92 Å². The molecule has 3 fully saturated rings. The lowest BCUT2D eigenvalue weighted by Gasteiger charge is -2.34. The van der Waals surface area contributed by atoms with Crippen LogP contribution in [0.15, 0.2) is 29.2 Å². The number of nitriles is 1. The number of benzene rings is 1. The normalized spacial score (nSPS) is 33.8. The number of halogens is 2. The molecule has 188 valence electrons. The number of hydrogen-bond donors (Lipinski definition) is 2. The fourth-order valence-corrected chi connectivity index (χ4v) is 7.81. The molecule has 3 aliphatic rings. The van der Waals surface area contributed by atoms with E-state index in [1.165, 1.54) is 18.2 Å². The highest BCUT2D eigenvalue weighted by Crippen LogP contribution is 2.68. The minimum Gasteiger partial charge on any atom is -0.481 e. The minimum atomic E-state index is -4.13. The molecule has 2 amide bonds. The Kier molecular flexibility index (Phi) is 5.71. The average molecular weight is 510 g/mol. The number of carbonyl (C=O) groups is 3. The van der Waals surface area contributed by atoms with Crippen molar-refractivity contribution in [2.45, 2.75) is 48.7 Å². The van der Waals surface area contributed by atoms with Crippen LogP contribution in [0.1, 0.15) is 31.2 Å². The number of nitrogens with two attached hydrogens (primary N) is 1. The number of carbonyl (C=O) groups excluding carboxylic acids is 2. The summed E-state index contributed by atoms with van der Waals surface area (Å²) < 4.78 is 54.7. The lowest BCUT2D eigenvalue weighted by molar-refractivity contribution is -0.160. The molecular weight excluding hydrogens is 484 g/mol. The van der Waals surface area contributed by atoms with Crippen molar-refractivity contribution in [2.24, 2.45) is 28.4 Å². The van der Waals surface area contributed by atoms with Gasteiger partial charge in [-0.3, -0.25) is 14.4 Å². The van der Waals surface area contributed by atoms with Gasteiger partial charge in [-0.1, -0.05) is 12.1 Å². The molecular formula is C23H25F2N3O6S. The Hall–Kier alpha value is -3.07. The van der Waals surface area contributed by atoms with Crippen molar-refractivity contribution in [3.8, 4) is 6.07 Å². The van der Waals surface area contributed by atoms with E-state index in [1.54, 1.807) is 19.1 Å². The molecule has 12 heteroatoms. The van der Waals surface area contributed by atoms with E-state index in [0.717, 1.165) is 4.90 Å². The van der Waals surface area contributed by atoms with Crippen molar-refractivity contribution >= 4 is 27.6 Å². The molecule has 5 atom stereocenters. The summed E-state index contributed by atoms with van der Waals surface area (Å²) in [4.78, 5) is 39.1. The molecule has 3 N–H and O–H groups in total. The third kappa shape index (κ3) is 3.76. The molecule has 2 aliphatic carbocycles. The number of primary amides is 1. The molecule has 35 heavy (non-hydrogen) atoms. The third-order valence-corrected chi connectivity index (χ3v) is 9.99. The van der Waals surface area contributed by atoms with Crippen LogP contribution in [-0.4, -0.2) is 60.5 Å². The summed E-state index contributed by atoms with van der Waals surface area (Å²) in [6.07, 6.45) is -1.81. The Balaban J connectivity index is 1.80. The van der Waals surface area contributed by atoms with E-state index in [2.05, 4.69) is 0 Å². The van der Waals surface area contributed by atoms with E-state index in [0.29, 0.717) is 5.56 Å². The first-order chi connectivity index (χ1) is 16.2. The van der Waals surface area contributed by atoms with Gasteiger partial charge in [-0.2, -0.15) is 5.26 Å². The minimum absolute atomic E-state index is 0.0557. The van der Waals surface area contributed by atoms with Crippen LogP contribution >= 0.6 is 0 Å². The number of nitrogens with zero attached hydrogens (tertiary/aromatic N) is 2. The molecule has 0 spiro atoms. The molecule has 0 aromatic heterocycles. The zero-order valence-electron chi connectivity index (χ0n) is 18.9. The molecule has 1 saturated heterocycles. The number of rotatable bonds is 6. The van der Waals surface area contributed by atoms with Crippen LogP contribution in [-0.2, 0) is 24.2 Å². The molecule has 1 heterocycles. The molecule has 1 aliphatic heterocycles. The summed E-state index contributed by atoms with van der Waals surface area (Å²) >= 11 is 0. The van der Waals surface area contributed by atoms with Crippen LogP contribution in [0.3, 0.4) is 0 Å². The summed E-state index contributed by atoms with van der Waals surface area (Å²) in [5.41, 5.74) is 2.06. The van der Waals surface area contributed by atoms with Gasteiger partial charge in [-0.15, -0.1) is 0 Å². The van der Waals surface area contributed by atoms with E-state index >= 15 is 0 Å². The first-order valence-corrected chi connectivity index (χ1v) is 12.7. The van der Waals surface area contributed by atoms with Crippen LogP contribution in [0.4, 0.5) is 8.78 Å². The van der Waals surface area contributed by atoms with Crippen molar-refractivity contribution in [3.63, 3.8) is 0 Å². The van der Waals surface area contributed by atoms with Gasteiger partial charge in [-0.05, 0) is 43.9 Å². The zero-order chi connectivity index (χ0) is 26.0. The molecule has 1 aromatic rings. The predicted octanol–water partition coefficient (Wildman–Crippen LogP) is 1.50. The fraction of sp³-hybridized carbons (Fsp3) is 0.565. The summed E-state index contributed by atoms with van der Waals surface area (Å²) in [6.45, 7) is 0.474. The molecule has 2 unspecified atom stereocenters. The Morgan fingerprint density at radius 3 is 2.43 bits per heavy atom. The van der Waals surface area contributed by atoms with Crippen molar-refractivity contribution in [1.29, 1.82) is 5.26 Å². The number of aryl methyl sites for hydroxylation is 1. The van der Waals surface area contributed by atoms with Gasteiger partial charge in [0.05, 0.1) is 34.1 Å². The van der Waals surface area contributed by atoms with E-state index in [-0.39, 0.29) is 17.9 Å². The largest absolute Gasteiger partial charge is 0.481 e. The monoisotopic (exact) mass is 509 g/mol. The second kappa shape index (κ2) is 7.98. The summed E-state index contributed by atoms with van der Waals surface area (Å²) in [5.74, 6) is -9.39. The molecule has 2 saturated carbocycles. The van der Waals surface area contributed by atoms with Gasteiger partial charge >= 0.3 is 5.97 Å². The maximum Gasteiger partial charge on any atom is 0.310 e. The molecule has 0 bridgehead atoms. The Morgan fingerprint density at radius 1 is 1.26 bits per heavy atom. The number of carboxylic acid groups (broad SMARTS) is 1. The highest BCUT2D eigenvalue weighted by molar-refractivity contribution is 7.92. The number of hydrogen-bond acceptors (Lipinski definition) is 6. The topological polar surface area (TPSA) is 159 Å². The predicted molar refractivity (Wildman–Crippen MR) is 116 cm³/mol. The van der Waals surface area contributed by atoms with Crippen molar-refractivity contribution in [3.05, 3.63) is 29.8 Å². The summed E-state index contributed by atoms with van der Waals surface area (Å²) in [5, 5.41) is 18.7. The van der Waals surface area contributed by atoms with E-state index in [1.807, 2.05) is 0 Å². The Bertz CT molecular complexity index is 1260. The van der Waals surface area contributed by atoms with Crippen LogP contribution in [0, 0.1) is 40.9 Å². The number of aliphatic carboxylic acids is 1. The number of sulfone groups is 1. The Labute approximate surface area is 200 Å². The van der Waals surface area contributed by atoms with Gasteiger partial charge in [0.2, 0.25) is 11.8 Å². The van der Waals surface area contributed by atoms with Gasteiger partial charge in [-0.25, -0.2) is 17.2 Å². The maximum absolute atomic E-state index is 13.9. The number of likely N-dealkylation sites (tertiary alicyclic amines) is 1. The number of amides is 2. The fourth-order valence-electron chi connectivity index (χ4n) is 5.87. The zero-order valence-corrected chi connectivity index (χ0v) is 19.7. The van der Waals surface area contributed by atoms with Gasteiger partial charge in [0, 0.05) is 18.9 Å². The van der Waals surface area contributed by atoms with Gasteiger partial charge < -0.3 is 15.7 Å². The van der Waals surface area contributed by atoms with Crippen molar-refractivity contribution < 1.29 is 36.7 Å². The smallest absolute Gasteiger partial charge is 0.310 e. The molecule has 1 aromatic carbocycles. The SMILES string of the molecule is Cc1cccc(S(=O)(=O)[C@@H]2C[C@@H](C(=O)N3CCC(F)(F)C3)[C@](C(=O)O)(C3CC3(C#N)C(N)=O)C2)c1. The molecule has 0 radical (unpaired) electrons. The van der Waals surface area contributed by atoms with E-state index in [4.69, 9.17) is 5.73 Å². The lowest BCUT2D eigenvalue weighted by Crippen LogP contribution is -2.48. The van der Waals surface area contributed by atoms with Crippen LogP contribution in [0.5, 0.6) is 0 Å². The second-order valence-electron chi connectivity index (χ2n) is 9.89. The lowest BCUT2D eigenvalue weighted by atomic mass is 9.70. The quantitative estimate of drug-likeness (QED) is 0.588. The second-order valence-corrected chi connectivity index (χ2v) is 12.1. The highest BCUT2D eigenvalue weighted by atomic mass is 32.2. The number of carboxylic acids is 1. The third-order valence-electron chi connectivity index (χ3n) is 7.84. The van der Waals surface area contributed by atoms with Gasteiger partial charge in [0.1, 0.15) is 5.41 Å². The average Bonchev–Trinajstić information content (AvgIpc) is 3.23. The first kappa shape index (κ1) is 25.0. The van der Waals surface area contributed by atoms with Crippen molar-refractivity contribution in [2.75, 3.05) is 13.1 Å². The van der Waals surface area contributed by atoms with Crippen LogP contribution < -0.4 is 5.73 Å². The number of alkyl halides is 2. The van der Waals surface area contributed by atoms with E-state index < -0.39 is 87.3 Å². The highest BCUT2D eigenvalue weighted by Gasteiger charge is 2.76. The first-order valence-electron chi connectivity index (χ1n) is 11.1. The Morgan fingerprint density at radius 2 is 1.94 bits per heavy atom. The maximum atomic E-state index is 13.9. The van der Waals surface area contributed by atoms with E-state index in [9.17, 15) is 42.0 Å².